The molecule has 18 heavy (non-hydrogen) atoms. The lowest BCUT2D eigenvalue weighted by Crippen LogP contribution is -2.16. The summed E-state index contributed by atoms with van der Waals surface area (Å²) in [4.78, 5) is 0. The quantitative estimate of drug-likeness (QED) is 0.786. The van der Waals surface area contributed by atoms with Gasteiger partial charge in [0.2, 0.25) is 10.0 Å². The third-order valence-electron chi connectivity index (χ3n) is 2.15. The Labute approximate surface area is 105 Å². The molecule has 0 saturated carbocycles. The van der Waals surface area contributed by atoms with Crippen LogP contribution in [0.25, 0.3) is 0 Å². The molecule has 0 amide bonds. The third kappa shape index (κ3) is 5.12. The number of sulfonamides is 1. The van der Waals surface area contributed by atoms with Crippen LogP contribution >= 0.6 is 0 Å². The van der Waals surface area contributed by atoms with Gasteiger partial charge in [0.1, 0.15) is 17.6 Å². The number of nitrogens with two attached hydrogens (primary N) is 1. The fraction of sp³-hybridized carbons (Fsp3) is 0.364. The first-order chi connectivity index (χ1) is 8.42. The molecule has 0 aliphatic rings. The number of halogens is 1. The molecule has 98 valence electrons. The number of benzene rings is 1. The van der Waals surface area contributed by atoms with Crippen molar-refractivity contribution < 1.29 is 17.5 Å². The van der Waals surface area contributed by atoms with Crippen LogP contribution in [0.5, 0.6) is 5.75 Å². The lowest BCUT2D eigenvalue weighted by Gasteiger charge is -2.06. The molecule has 0 fully saturated rings. The number of nitrogens with zero attached hydrogens (tertiary/aromatic N) is 1. The number of hydrogen-bond donors (Lipinski definition) is 1. The standard InChI is InChI=1S/C11H13FN2O3S/c12-11-7-10(4-3-9(11)8-13)17-5-1-2-6-18(14,15)16/h3-4,7H,1-2,5-6H2,(H2,14,15,16). The van der Waals surface area contributed by atoms with E-state index in [4.69, 9.17) is 15.1 Å². The average Bonchev–Trinajstić information content (AvgIpc) is 2.27. The Morgan fingerprint density at radius 3 is 2.67 bits per heavy atom. The lowest BCUT2D eigenvalue weighted by atomic mass is 10.2. The van der Waals surface area contributed by atoms with Crippen molar-refractivity contribution in [2.24, 2.45) is 5.14 Å². The maximum Gasteiger partial charge on any atom is 0.209 e. The molecule has 5 nitrogen and oxygen atoms in total. The molecule has 0 bridgehead atoms. The Balaban J connectivity index is 2.37. The van der Waals surface area contributed by atoms with Crippen molar-refractivity contribution in [2.75, 3.05) is 12.4 Å². The molecule has 0 atom stereocenters. The zero-order valence-electron chi connectivity index (χ0n) is 9.60. The minimum absolute atomic E-state index is 0.0448. The van der Waals surface area contributed by atoms with Crippen molar-refractivity contribution in [3.63, 3.8) is 0 Å². The van der Waals surface area contributed by atoms with Crippen LogP contribution < -0.4 is 9.88 Å². The average molecular weight is 272 g/mol. The van der Waals surface area contributed by atoms with E-state index in [1.54, 1.807) is 6.07 Å². The van der Waals surface area contributed by atoms with Crippen molar-refractivity contribution in [1.82, 2.24) is 0 Å². The van der Waals surface area contributed by atoms with Crippen LogP contribution in [-0.2, 0) is 10.0 Å². The van der Waals surface area contributed by atoms with Crippen LogP contribution in [0.15, 0.2) is 18.2 Å². The smallest absolute Gasteiger partial charge is 0.209 e. The molecule has 0 aromatic heterocycles. The Hall–Kier alpha value is -1.65. The molecule has 1 aromatic rings. The predicted octanol–water partition coefficient (Wildman–Crippen LogP) is 1.14. The Kier molecular flexibility index (Phi) is 5.07. The minimum atomic E-state index is -3.44. The molecule has 0 aliphatic carbocycles. The van der Waals surface area contributed by atoms with E-state index in [1.807, 2.05) is 0 Å². The highest BCUT2D eigenvalue weighted by Crippen LogP contribution is 2.16. The number of nitriles is 1. The molecule has 2 N–H and O–H groups in total. The van der Waals surface area contributed by atoms with E-state index in [2.05, 4.69) is 0 Å². The minimum Gasteiger partial charge on any atom is -0.493 e. The predicted molar refractivity (Wildman–Crippen MR) is 63.8 cm³/mol. The van der Waals surface area contributed by atoms with E-state index in [0.29, 0.717) is 18.6 Å². The van der Waals surface area contributed by atoms with Crippen molar-refractivity contribution in [3.8, 4) is 11.8 Å². The summed E-state index contributed by atoms with van der Waals surface area (Å²) in [6.07, 6.45) is 0.885. The van der Waals surface area contributed by atoms with Gasteiger partial charge >= 0.3 is 0 Å². The maximum atomic E-state index is 13.2. The number of ether oxygens (including phenoxy) is 1. The van der Waals surface area contributed by atoms with Crippen molar-refractivity contribution >= 4 is 10.0 Å². The molecule has 0 saturated heterocycles. The highest BCUT2D eigenvalue weighted by Gasteiger charge is 2.04. The van der Waals surface area contributed by atoms with Crippen LogP contribution in [0.3, 0.4) is 0 Å². The monoisotopic (exact) mass is 272 g/mol. The van der Waals surface area contributed by atoms with Gasteiger partial charge in [-0.05, 0) is 25.0 Å². The summed E-state index contributed by atoms with van der Waals surface area (Å²) in [6.45, 7) is 0.265. The van der Waals surface area contributed by atoms with Crippen molar-refractivity contribution in [2.45, 2.75) is 12.8 Å². The van der Waals surface area contributed by atoms with E-state index in [0.717, 1.165) is 6.07 Å². The zero-order valence-corrected chi connectivity index (χ0v) is 10.4. The van der Waals surface area contributed by atoms with E-state index < -0.39 is 15.8 Å². The summed E-state index contributed by atoms with van der Waals surface area (Å²) in [5, 5.41) is 13.4. The van der Waals surface area contributed by atoms with Gasteiger partial charge in [0.15, 0.2) is 0 Å². The van der Waals surface area contributed by atoms with Gasteiger partial charge in [0.05, 0.1) is 17.9 Å². The second-order valence-electron chi connectivity index (χ2n) is 3.68. The lowest BCUT2D eigenvalue weighted by molar-refractivity contribution is 0.308. The molecular formula is C11H13FN2O3S. The molecule has 1 rings (SSSR count). The number of hydrogen-bond acceptors (Lipinski definition) is 4. The number of unbranched alkanes of at least 4 members (excludes halogenated alkanes) is 1. The molecule has 0 spiro atoms. The van der Waals surface area contributed by atoms with Gasteiger partial charge in [-0.2, -0.15) is 5.26 Å². The van der Waals surface area contributed by atoms with Gasteiger partial charge in [-0.25, -0.2) is 17.9 Å². The summed E-state index contributed by atoms with van der Waals surface area (Å²) in [7, 11) is -3.44. The summed E-state index contributed by atoms with van der Waals surface area (Å²) < 4.78 is 39.7. The second kappa shape index (κ2) is 6.33. The summed E-state index contributed by atoms with van der Waals surface area (Å²) in [5.74, 6) is -0.431. The van der Waals surface area contributed by atoms with Crippen molar-refractivity contribution in [1.29, 1.82) is 5.26 Å². The molecule has 0 radical (unpaired) electrons. The van der Waals surface area contributed by atoms with Crippen LogP contribution in [-0.4, -0.2) is 20.8 Å². The van der Waals surface area contributed by atoms with Gasteiger partial charge in [-0.1, -0.05) is 0 Å². The van der Waals surface area contributed by atoms with Crippen LogP contribution in [0.4, 0.5) is 4.39 Å². The molecular weight excluding hydrogens is 259 g/mol. The summed E-state index contributed by atoms with van der Waals surface area (Å²) >= 11 is 0. The summed E-state index contributed by atoms with van der Waals surface area (Å²) in [5.41, 5.74) is -0.0448. The Morgan fingerprint density at radius 2 is 2.11 bits per heavy atom. The maximum absolute atomic E-state index is 13.2. The first-order valence-corrected chi connectivity index (χ1v) is 6.97. The highest BCUT2D eigenvalue weighted by molar-refractivity contribution is 7.89. The van der Waals surface area contributed by atoms with Crippen LogP contribution in [0, 0.1) is 17.1 Å². The SMILES string of the molecule is N#Cc1ccc(OCCCCS(N)(=O)=O)cc1F. The topological polar surface area (TPSA) is 93.2 Å². The number of primary sulfonamides is 1. The molecule has 0 unspecified atom stereocenters. The van der Waals surface area contributed by atoms with Gasteiger partial charge in [-0.3, -0.25) is 0 Å². The van der Waals surface area contributed by atoms with E-state index in [1.165, 1.54) is 12.1 Å². The molecule has 7 heteroatoms. The fourth-order valence-corrected chi connectivity index (χ4v) is 1.88. The third-order valence-corrected chi connectivity index (χ3v) is 3.01. The normalized spacial score (nSPS) is 10.9. The largest absolute Gasteiger partial charge is 0.493 e. The van der Waals surface area contributed by atoms with Gasteiger partial charge in [0, 0.05) is 6.07 Å². The van der Waals surface area contributed by atoms with E-state index >= 15 is 0 Å². The number of rotatable bonds is 6. The van der Waals surface area contributed by atoms with E-state index in [9.17, 15) is 12.8 Å². The molecule has 1 aromatic carbocycles. The van der Waals surface area contributed by atoms with Gasteiger partial charge in [0.25, 0.3) is 0 Å². The summed E-state index contributed by atoms with van der Waals surface area (Å²) in [6, 6.07) is 5.64. The Morgan fingerprint density at radius 1 is 1.39 bits per heavy atom. The molecule has 0 aliphatic heterocycles. The van der Waals surface area contributed by atoms with Gasteiger partial charge in [-0.15, -0.1) is 0 Å². The zero-order chi connectivity index (χ0) is 13.6. The van der Waals surface area contributed by atoms with E-state index in [-0.39, 0.29) is 17.9 Å². The highest BCUT2D eigenvalue weighted by atomic mass is 32.2. The van der Waals surface area contributed by atoms with Crippen LogP contribution in [0.1, 0.15) is 18.4 Å². The second-order valence-corrected chi connectivity index (χ2v) is 5.41. The van der Waals surface area contributed by atoms with Crippen LogP contribution in [0.2, 0.25) is 0 Å². The van der Waals surface area contributed by atoms with Crippen molar-refractivity contribution in [3.05, 3.63) is 29.6 Å². The molecule has 0 heterocycles. The Bertz CT molecular complexity index is 552. The van der Waals surface area contributed by atoms with Gasteiger partial charge < -0.3 is 4.74 Å². The fourth-order valence-electron chi connectivity index (χ4n) is 1.27. The first-order valence-electron chi connectivity index (χ1n) is 5.25. The first kappa shape index (κ1) is 14.4.